The zero-order valence-electron chi connectivity index (χ0n) is 10.2. The van der Waals surface area contributed by atoms with E-state index in [1.54, 1.807) is 18.0 Å². The summed E-state index contributed by atoms with van der Waals surface area (Å²) in [7, 11) is 1.64. The number of pyridine rings is 1. The minimum Gasteiger partial charge on any atom is -0.341 e. The van der Waals surface area contributed by atoms with E-state index in [4.69, 9.17) is 4.74 Å². The summed E-state index contributed by atoms with van der Waals surface area (Å²) >= 11 is 0. The lowest BCUT2D eigenvalue weighted by atomic mass is 10.3. The highest BCUT2D eigenvalue weighted by Crippen LogP contribution is 2.11. The van der Waals surface area contributed by atoms with Crippen LogP contribution in [0.15, 0.2) is 23.4 Å². The summed E-state index contributed by atoms with van der Waals surface area (Å²) in [6, 6.07) is 2.79. The average molecular weight is 269 g/mol. The Labute approximate surface area is 108 Å². The van der Waals surface area contributed by atoms with Crippen LogP contribution in [0, 0.1) is 16.1 Å². The molecule has 1 aromatic heterocycles. The topological polar surface area (TPSA) is 84.1 Å². The van der Waals surface area contributed by atoms with Crippen molar-refractivity contribution in [2.45, 2.75) is 6.54 Å². The molecule has 1 saturated heterocycles. The molecule has 2 rings (SSSR count). The minimum atomic E-state index is -0.757. The van der Waals surface area contributed by atoms with Crippen LogP contribution in [0.2, 0.25) is 0 Å². The number of hydrazone groups is 1. The molecule has 0 aromatic carbocycles. The number of hydrogen-bond donors (Lipinski definition) is 0. The van der Waals surface area contributed by atoms with E-state index in [1.807, 2.05) is 0 Å². The second-order valence-electron chi connectivity index (χ2n) is 3.99. The third-order valence-electron chi connectivity index (χ3n) is 2.49. The van der Waals surface area contributed by atoms with E-state index in [-0.39, 0.29) is 19.4 Å². The predicted octanol–water partition coefficient (Wildman–Crippen LogP) is 0.447. The number of ether oxygens (including phenoxy) is 1. The van der Waals surface area contributed by atoms with Crippen molar-refractivity contribution in [2.24, 2.45) is 5.10 Å². The van der Waals surface area contributed by atoms with Gasteiger partial charge in [0.05, 0.1) is 0 Å². The Morgan fingerprint density at radius 1 is 1.58 bits per heavy atom. The Kier molecular flexibility index (Phi) is 3.85. The van der Waals surface area contributed by atoms with Crippen LogP contribution < -0.4 is 0 Å². The predicted molar refractivity (Wildman–Crippen MR) is 62.7 cm³/mol. The third kappa shape index (κ3) is 3.35. The summed E-state index contributed by atoms with van der Waals surface area (Å²) < 4.78 is 18.0. The van der Waals surface area contributed by atoms with Crippen molar-refractivity contribution < 1.29 is 14.2 Å². The SMILES string of the molecule is CN1COCN(Cc2ccc(F)nc2)C1=N[N+](=O)[O-]. The van der Waals surface area contributed by atoms with Crippen molar-refractivity contribution in [2.75, 3.05) is 20.5 Å². The van der Waals surface area contributed by atoms with E-state index in [9.17, 15) is 14.5 Å². The van der Waals surface area contributed by atoms with Crippen LogP contribution in [0.4, 0.5) is 4.39 Å². The molecule has 1 aromatic rings. The number of guanidine groups is 1. The zero-order valence-corrected chi connectivity index (χ0v) is 10.2. The van der Waals surface area contributed by atoms with Gasteiger partial charge in [-0.15, -0.1) is 0 Å². The lowest BCUT2D eigenvalue weighted by molar-refractivity contribution is -0.486. The van der Waals surface area contributed by atoms with E-state index < -0.39 is 11.0 Å². The average Bonchev–Trinajstić information content (AvgIpc) is 2.36. The highest BCUT2D eigenvalue weighted by molar-refractivity contribution is 5.79. The first-order chi connectivity index (χ1) is 9.06. The van der Waals surface area contributed by atoms with Crippen molar-refractivity contribution in [3.05, 3.63) is 40.0 Å². The number of hydrogen-bond acceptors (Lipinski definition) is 4. The van der Waals surface area contributed by atoms with Crippen molar-refractivity contribution in [1.29, 1.82) is 0 Å². The first kappa shape index (κ1) is 13.1. The van der Waals surface area contributed by atoms with Gasteiger partial charge in [-0.25, -0.2) is 15.1 Å². The molecule has 8 nitrogen and oxygen atoms in total. The molecule has 0 atom stereocenters. The second-order valence-corrected chi connectivity index (χ2v) is 3.99. The monoisotopic (exact) mass is 269 g/mol. The molecule has 0 spiro atoms. The number of halogens is 1. The molecule has 0 unspecified atom stereocenters. The van der Waals surface area contributed by atoms with Crippen molar-refractivity contribution >= 4 is 5.96 Å². The third-order valence-corrected chi connectivity index (χ3v) is 2.49. The first-order valence-corrected chi connectivity index (χ1v) is 5.43. The van der Waals surface area contributed by atoms with Gasteiger partial charge in [0.2, 0.25) is 5.95 Å². The van der Waals surface area contributed by atoms with E-state index in [0.717, 1.165) is 0 Å². The van der Waals surface area contributed by atoms with Crippen LogP contribution in [-0.4, -0.2) is 46.3 Å². The van der Waals surface area contributed by atoms with Crippen LogP contribution in [0.5, 0.6) is 0 Å². The Bertz CT molecular complexity index is 492. The van der Waals surface area contributed by atoms with Crippen LogP contribution >= 0.6 is 0 Å². The zero-order chi connectivity index (χ0) is 13.8. The lowest BCUT2D eigenvalue weighted by Gasteiger charge is -2.34. The largest absolute Gasteiger partial charge is 0.341 e. The number of rotatable bonds is 3. The van der Waals surface area contributed by atoms with Gasteiger partial charge in [0.25, 0.3) is 5.96 Å². The lowest BCUT2D eigenvalue weighted by Crippen LogP contribution is -2.49. The maximum absolute atomic E-state index is 12.7. The van der Waals surface area contributed by atoms with Crippen molar-refractivity contribution in [3.8, 4) is 0 Å². The van der Waals surface area contributed by atoms with Gasteiger partial charge >= 0.3 is 0 Å². The van der Waals surface area contributed by atoms with Crippen LogP contribution in [0.25, 0.3) is 0 Å². The van der Waals surface area contributed by atoms with Gasteiger partial charge in [0.1, 0.15) is 18.6 Å². The Morgan fingerprint density at radius 2 is 2.37 bits per heavy atom. The quantitative estimate of drug-likeness (QED) is 0.450. The molecule has 1 aliphatic rings. The van der Waals surface area contributed by atoms with E-state index in [0.29, 0.717) is 12.1 Å². The van der Waals surface area contributed by atoms with Gasteiger partial charge < -0.3 is 14.5 Å². The Morgan fingerprint density at radius 3 is 3.00 bits per heavy atom. The molecule has 1 fully saturated rings. The number of nitro groups is 1. The van der Waals surface area contributed by atoms with Gasteiger partial charge in [-0.2, -0.15) is 4.39 Å². The minimum absolute atomic E-state index is 0.175. The van der Waals surface area contributed by atoms with Gasteiger partial charge in [-0.3, -0.25) is 0 Å². The standard InChI is InChI=1S/C10H12FN5O3/c1-14-6-19-7-15(10(14)13-16(17)18)5-8-2-3-9(11)12-4-8/h2-4H,5-7H2,1H3. The second kappa shape index (κ2) is 5.57. The molecule has 0 saturated carbocycles. The maximum Gasteiger partial charge on any atom is 0.277 e. The number of nitrogens with zero attached hydrogens (tertiary/aromatic N) is 5. The summed E-state index contributed by atoms with van der Waals surface area (Å²) in [4.78, 5) is 17.1. The molecule has 0 N–H and O–H groups in total. The summed E-state index contributed by atoms with van der Waals surface area (Å²) in [5.41, 5.74) is 0.705. The van der Waals surface area contributed by atoms with Crippen molar-refractivity contribution in [1.82, 2.24) is 14.8 Å². The number of aromatic nitrogens is 1. The van der Waals surface area contributed by atoms with Crippen LogP contribution in [0.1, 0.15) is 5.56 Å². The summed E-state index contributed by atoms with van der Waals surface area (Å²) in [6.45, 7) is 0.698. The molecular weight excluding hydrogens is 257 g/mol. The molecule has 9 heteroatoms. The molecule has 102 valence electrons. The summed E-state index contributed by atoms with van der Waals surface area (Å²) in [6.07, 6.45) is 1.37. The maximum atomic E-state index is 12.7. The molecule has 0 aliphatic carbocycles. The van der Waals surface area contributed by atoms with E-state index in [2.05, 4.69) is 10.1 Å². The molecule has 2 heterocycles. The highest BCUT2D eigenvalue weighted by Gasteiger charge is 2.25. The van der Waals surface area contributed by atoms with E-state index >= 15 is 0 Å². The normalized spacial score (nSPS) is 17.9. The van der Waals surface area contributed by atoms with Crippen molar-refractivity contribution in [3.63, 3.8) is 0 Å². The van der Waals surface area contributed by atoms with Gasteiger partial charge in [0.15, 0.2) is 5.03 Å². The fraction of sp³-hybridized carbons (Fsp3) is 0.400. The molecule has 1 aliphatic heterocycles. The molecule has 0 bridgehead atoms. The molecular formula is C10H12FN5O3. The molecule has 0 amide bonds. The molecule has 19 heavy (non-hydrogen) atoms. The Hall–Kier alpha value is -2.29. The highest BCUT2D eigenvalue weighted by atomic mass is 19.1. The fourth-order valence-electron chi connectivity index (χ4n) is 1.69. The van der Waals surface area contributed by atoms with Crippen LogP contribution in [0.3, 0.4) is 0 Å². The van der Waals surface area contributed by atoms with Gasteiger partial charge in [-0.1, -0.05) is 6.07 Å². The smallest absolute Gasteiger partial charge is 0.277 e. The van der Waals surface area contributed by atoms with Gasteiger partial charge in [0, 0.05) is 19.8 Å². The summed E-state index contributed by atoms with van der Waals surface area (Å²) in [5, 5.41) is 13.1. The fourth-order valence-corrected chi connectivity index (χ4v) is 1.69. The summed E-state index contributed by atoms with van der Waals surface area (Å²) in [5.74, 6) is -0.379. The molecule has 0 radical (unpaired) electrons. The van der Waals surface area contributed by atoms with E-state index in [1.165, 1.54) is 17.2 Å². The first-order valence-electron chi connectivity index (χ1n) is 5.43. The van der Waals surface area contributed by atoms with Crippen LogP contribution in [-0.2, 0) is 11.3 Å². The Balaban J connectivity index is 2.16. The van der Waals surface area contributed by atoms with Gasteiger partial charge in [-0.05, 0) is 11.6 Å².